The van der Waals surface area contributed by atoms with Gasteiger partial charge in [-0.25, -0.2) is 0 Å². The first-order chi connectivity index (χ1) is 10.0. The zero-order valence-electron chi connectivity index (χ0n) is 13.2. The molecule has 0 saturated carbocycles. The minimum atomic E-state index is 0.218. The van der Waals surface area contributed by atoms with Crippen LogP contribution in [-0.2, 0) is 6.42 Å². The van der Waals surface area contributed by atoms with E-state index < -0.39 is 0 Å². The van der Waals surface area contributed by atoms with Gasteiger partial charge in [-0.2, -0.15) is 0 Å². The molecule has 1 heterocycles. The van der Waals surface area contributed by atoms with Gasteiger partial charge in [-0.3, -0.25) is 0 Å². The Morgan fingerprint density at radius 2 is 1.67 bits per heavy atom. The summed E-state index contributed by atoms with van der Waals surface area (Å²) in [5.74, 6) is 1.66. The minimum Gasteiger partial charge on any atom is -0.126 e. The maximum atomic E-state index is 2.43. The number of rotatable bonds is 0. The first kappa shape index (κ1) is 14.7. The molecule has 0 saturated heterocycles. The van der Waals surface area contributed by atoms with Crippen LogP contribution in [0.5, 0.6) is 0 Å². The highest BCUT2D eigenvalue weighted by Gasteiger charge is 2.28. The summed E-state index contributed by atoms with van der Waals surface area (Å²) in [5.41, 5.74) is 4.61. The fraction of sp³-hybridized carbons (Fsp3) is 0.400. The van der Waals surface area contributed by atoms with Crippen molar-refractivity contribution in [3.63, 3.8) is 0 Å². The summed E-state index contributed by atoms with van der Waals surface area (Å²) >= 11 is 1.99. The predicted molar refractivity (Wildman–Crippen MR) is 93.2 cm³/mol. The lowest BCUT2D eigenvalue weighted by atomic mass is 9.72. The lowest BCUT2D eigenvalue weighted by Crippen LogP contribution is -2.19. The zero-order valence-corrected chi connectivity index (χ0v) is 14.0. The SMILES string of the molecule is CC(C)(C)C1c2cccc(c2)CCCSc2cccc1c2. The molecule has 3 rings (SSSR count). The maximum absolute atomic E-state index is 2.43. The van der Waals surface area contributed by atoms with E-state index in [1.165, 1.54) is 40.2 Å². The van der Waals surface area contributed by atoms with Gasteiger partial charge >= 0.3 is 0 Å². The third-order valence-corrected chi connectivity index (χ3v) is 5.30. The van der Waals surface area contributed by atoms with Crippen LogP contribution in [0.3, 0.4) is 0 Å². The number of aryl methyl sites for hydroxylation is 1. The third-order valence-electron chi connectivity index (χ3n) is 4.22. The van der Waals surface area contributed by atoms with Gasteiger partial charge in [0, 0.05) is 10.8 Å². The molecule has 0 radical (unpaired) electrons. The van der Waals surface area contributed by atoms with E-state index in [-0.39, 0.29) is 5.41 Å². The van der Waals surface area contributed by atoms with Crippen molar-refractivity contribution in [2.75, 3.05) is 5.75 Å². The van der Waals surface area contributed by atoms with Crippen molar-refractivity contribution >= 4 is 11.8 Å². The van der Waals surface area contributed by atoms with E-state index in [4.69, 9.17) is 0 Å². The van der Waals surface area contributed by atoms with Gasteiger partial charge in [-0.1, -0.05) is 57.2 Å². The van der Waals surface area contributed by atoms with Crippen LogP contribution in [0.4, 0.5) is 0 Å². The Labute approximate surface area is 133 Å². The maximum Gasteiger partial charge on any atom is 0.0138 e. The van der Waals surface area contributed by atoms with Crippen molar-refractivity contribution in [2.24, 2.45) is 5.41 Å². The number of fused-ring (bicyclic) bond motifs is 4. The highest BCUT2D eigenvalue weighted by molar-refractivity contribution is 7.99. The van der Waals surface area contributed by atoms with Gasteiger partial charge in [0.05, 0.1) is 0 Å². The molecule has 4 bridgehead atoms. The second-order valence-corrected chi connectivity index (χ2v) is 8.24. The van der Waals surface area contributed by atoms with Crippen molar-refractivity contribution < 1.29 is 0 Å². The molecule has 1 atom stereocenters. The standard InChI is InChI=1S/C20H24S/c1-20(2,3)19-16-9-4-7-15(13-16)8-6-12-21-18-11-5-10-17(19)14-18/h4-5,7,9-11,13-14,19H,6,8,12H2,1-3H3. The van der Waals surface area contributed by atoms with Gasteiger partial charge in [0.2, 0.25) is 0 Å². The summed E-state index contributed by atoms with van der Waals surface area (Å²) in [4.78, 5) is 1.41. The van der Waals surface area contributed by atoms with E-state index in [1.54, 1.807) is 0 Å². The summed E-state index contributed by atoms with van der Waals surface area (Å²) in [6, 6.07) is 18.4. The molecule has 1 unspecified atom stereocenters. The van der Waals surface area contributed by atoms with Crippen LogP contribution in [0, 0.1) is 5.41 Å². The lowest BCUT2D eigenvalue weighted by Gasteiger charge is -2.32. The molecule has 2 aromatic rings. The molecule has 21 heavy (non-hydrogen) atoms. The van der Waals surface area contributed by atoms with Gasteiger partial charge in [0.25, 0.3) is 0 Å². The quantitative estimate of drug-likeness (QED) is 0.583. The van der Waals surface area contributed by atoms with Crippen molar-refractivity contribution in [2.45, 2.75) is 44.4 Å². The Balaban J connectivity index is 2.16. The molecule has 1 heteroatoms. The zero-order chi connectivity index (χ0) is 14.9. The van der Waals surface area contributed by atoms with Gasteiger partial charge < -0.3 is 0 Å². The van der Waals surface area contributed by atoms with Crippen LogP contribution in [0.2, 0.25) is 0 Å². The Kier molecular flexibility index (Phi) is 4.12. The largest absolute Gasteiger partial charge is 0.126 e. The topological polar surface area (TPSA) is 0 Å². The van der Waals surface area contributed by atoms with Gasteiger partial charge in [-0.05, 0) is 52.8 Å². The smallest absolute Gasteiger partial charge is 0.0138 e. The van der Waals surface area contributed by atoms with Crippen molar-refractivity contribution in [3.8, 4) is 0 Å². The fourth-order valence-corrected chi connectivity index (χ4v) is 4.29. The molecule has 0 spiro atoms. The normalized spacial score (nSPS) is 18.9. The van der Waals surface area contributed by atoms with Gasteiger partial charge in [0.15, 0.2) is 0 Å². The molecule has 110 valence electrons. The summed E-state index contributed by atoms with van der Waals surface area (Å²) in [5, 5.41) is 0. The van der Waals surface area contributed by atoms with Crippen LogP contribution in [0.15, 0.2) is 53.4 Å². The monoisotopic (exact) mass is 296 g/mol. The van der Waals surface area contributed by atoms with Crippen LogP contribution >= 0.6 is 11.8 Å². The van der Waals surface area contributed by atoms with Crippen LogP contribution in [0.25, 0.3) is 0 Å². The van der Waals surface area contributed by atoms with Crippen LogP contribution in [-0.4, -0.2) is 5.75 Å². The Bertz CT molecular complexity index is 572. The van der Waals surface area contributed by atoms with E-state index in [1.807, 2.05) is 11.8 Å². The van der Waals surface area contributed by atoms with E-state index in [0.717, 1.165) is 0 Å². The summed E-state index contributed by atoms with van der Waals surface area (Å²) in [7, 11) is 0. The van der Waals surface area contributed by atoms with Crippen molar-refractivity contribution in [1.82, 2.24) is 0 Å². The highest BCUT2D eigenvalue weighted by atomic mass is 32.2. The summed E-state index contributed by atoms with van der Waals surface area (Å²) in [6.45, 7) is 7.05. The van der Waals surface area contributed by atoms with Crippen LogP contribution < -0.4 is 0 Å². The molecule has 1 aliphatic rings. The Morgan fingerprint density at radius 3 is 2.43 bits per heavy atom. The van der Waals surface area contributed by atoms with E-state index in [9.17, 15) is 0 Å². The second kappa shape index (κ2) is 5.88. The summed E-state index contributed by atoms with van der Waals surface area (Å²) < 4.78 is 0. The molecule has 0 aromatic heterocycles. The minimum absolute atomic E-state index is 0.218. The van der Waals surface area contributed by atoms with Gasteiger partial charge in [-0.15, -0.1) is 11.8 Å². The van der Waals surface area contributed by atoms with E-state index >= 15 is 0 Å². The van der Waals surface area contributed by atoms with Crippen molar-refractivity contribution in [1.29, 1.82) is 0 Å². The molecule has 0 amide bonds. The molecular formula is C20H24S. The average Bonchev–Trinajstić information content (AvgIpc) is 2.44. The first-order valence-electron chi connectivity index (χ1n) is 7.86. The molecular weight excluding hydrogens is 272 g/mol. The third kappa shape index (κ3) is 3.35. The average molecular weight is 296 g/mol. The fourth-order valence-electron chi connectivity index (χ4n) is 3.37. The number of thioether (sulfide) groups is 1. The van der Waals surface area contributed by atoms with E-state index in [2.05, 4.69) is 69.3 Å². The first-order valence-corrected chi connectivity index (χ1v) is 8.84. The molecule has 0 aliphatic carbocycles. The number of hydrogen-bond donors (Lipinski definition) is 0. The van der Waals surface area contributed by atoms with E-state index in [0.29, 0.717) is 5.92 Å². The molecule has 2 aromatic carbocycles. The second-order valence-electron chi connectivity index (χ2n) is 7.07. The molecule has 0 nitrogen and oxygen atoms in total. The number of hydrogen-bond acceptors (Lipinski definition) is 1. The summed E-state index contributed by atoms with van der Waals surface area (Å²) in [6.07, 6.45) is 2.44. The molecule has 0 fully saturated rings. The van der Waals surface area contributed by atoms with Crippen LogP contribution in [0.1, 0.15) is 49.8 Å². The molecule has 0 N–H and O–H groups in total. The lowest BCUT2D eigenvalue weighted by molar-refractivity contribution is 0.358. The highest BCUT2D eigenvalue weighted by Crippen LogP contribution is 2.42. The Hall–Kier alpha value is -1.21. The molecule has 1 aliphatic heterocycles. The van der Waals surface area contributed by atoms with Gasteiger partial charge in [0.1, 0.15) is 0 Å². The predicted octanol–water partition coefficient (Wildman–Crippen LogP) is 5.90. The Morgan fingerprint density at radius 1 is 0.952 bits per heavy atom. The van der Waals surface area contributed by atoms with Crippen molar-refractivity contribution in [3.05, 3.63) is 65.2 Å². The number of benzene rings is 2.